The number of benzene rings is 1. The molecule has 0 spiro atoms. The van der Waals surface area contributed by atoms with Gasteiger partial charge in [0, 0.05) is 12.1 Å². The SMILES string of the molecule is CCC(NC1CCC(C(F)(F)F)CC1)c1cccc(F)c1. The lowest BCUT2D eigenvalue weighted by atomic mass is 9.85. The first-order chi connectivity index (χ1) is 9.90. The van der Waals surface area contributed by atoms with Crippen LogP contribution < -0.4 is 5.32 Å². The molecule has 1 fully saturated rings. The highest BCUT2D eigenvalue weighted by atomic mass is 19.4. The van der Waals surface area contributed by atoms with Gasteiger partial charge >= 0.3 is 6.18 Å². The van der Waals surface area contributed by atoms with E-state index >= 15 is 0 Å². The van der Waals surface area contributed by atoms with Gasteiger partial charge in [-0.2, -0.15) is 13.2 Å². The molecule has 0 saturated heterocycles. The van der Waals surface area contributed by atoms with Crippen molar-refractivity contribution in [2.45, 2.75) is 57.3 Å². The maximum absolute atomic E-state index is 13.3. The van der Waals surface area contributed by atoms with Crippen molar-refractivity contribution in [3.63, 3.8) is 0 Å². The summed E-state index contributed by atoms with van der Waals surface area (Å²) < 4.78 is 51.2. The van der Waals surface area contributed by atoms with Crippen molar-refractivity contribution in [2.24, 2.45) is 5.92 Å². The van der Waals surface area contributed by atoms with Crippen molar-refractivity contribution >= 4 is 0 Å². The lowest BCUT2D eigenvalue weighted by Crippen LogP contribution is -2.38. The minimum absolute atomic E-state index is 0.00635. The van der Waals surface area contributed by atoms with Crippen LogP contribution in [0, 0.1) is 11.7 Å². The Balaban J connectivity index is 1.92. The van der Waals surface area contributed by atoms with Gasteiger partial charge in [0.25, 0.3) is 0 Å². The van der Waals surface area contributed by atoms with Crippen LogP contribution in [-0.4, -0.2) is 12.2 Å². The quantitative estimate of drug-likeness (QED) is 0.773. The van der Waals surface area contributed by atoms with Crippen LogP contribution in [0.4, 0.5) is 17.6 Å². The third-order valence-corrected chi connectivity index (χ3v) is 4.29. The molecule has 0 heterocycles. The molecule has 0 aromatic heterocycles. The van der Waals surface area contributed by atoms with Crippen molar-refractivity contribution in [2.75, 3.05) is 0 Å². The van der Waals surface area contributed by atoms with Crippen molar-refractivity contribution in [3.05, 3.63) is 35.6 Å². The Hall–Kier alpha value is -1.10. The van der Waals surface area contributed by atoms with Gasteiger partial charge in [-0.3, -0.25) is 0 Å². The monoisotopic (exact) mass is 303 g/mol. The molecule has 1 aromatic rings. The average molecular weight is 303 g/mol. The van der Waals surface area contributed by atoms with Crippen molar-refractivity contribution < 1.29 is 17.6 Å². The fraction of sp³-hybridized carbons (Fsp3) is 0.625. The Morgan fingerprint density at radius 1 is 1.19 bits per heavy atom. The topological polar surface area (TPSA) is 12.0 Å². The molecule has 0 bridgehead atoms. The smallest absolute Gasteiger partial charge is 0.307 e. The van der Waals surface area contributed by atoms with Crippen LogP contribution in [0.2, 0.25) is 0 Å². The summed E-state index contributed by atoms with van der Waals surface area (Å²) in [6.07, 6.45) is -1.88. The second-order valence-corrected chi connectivity index (χ2v) is 5.77. The van der Waals surface area contributed by atoms with E-state index in [0.717, 1.165) is 12.0 Å². The van der Waals surface area contributed by atoms with E-state index in [1.165, 1.54) is 12.1 Å². The van der Waals surface area contributed by atoms with Crippen LogP contribution in [-0.2, 0) is 0 Å². The van der Waals surface area contributed by atoms with Crippen LogP contribution in [0.1, 0.15) is 50.6 Å². The summed E-state index contributed by atoms with van der Waals surface area (Å²) in [7, 11) is 0. The maximum Gasteiger partial charge on any atom is 0.391 e. The summed E-state index contributed by atoms with van der Waals surface area (Å²) in [5, 5.41) is 3.39. The van der Waals surface area contributed by atoms with Gasteiger partial charge in [0.05, 0.1) is 5.92 Å². The third kappa shape index (κ3) is 4.43. The highest BCUT2D eigenvalue weighted by molar-refractivity contribution is 5.20. The molecule has 1 aliphatic carbocycles. The molecule has 2 rings (SSSR count). The van der Waals surface area contributed by atoms with Gasteiger partial charge in [-0.1, -0.05) is 19.1 Å². The zero-order valence-electron chi connectivity index (χ0n) is 12.1. The van der Waals surface area contributed by atoms with Gasteiger partial charge in [0.15, 0.2) is 0 Å². The van der Waals surface area contributed by atoms with Gasteiger partial charge in [-0.05, 0) is 49.8 Å². The Bertz CT molecular complexity index is 450. The first kappa shape index (κ1) is 16.3. The van der Waals surface area contributed by atoms with E-state index in [9.17, 15) is 17.6 Å². The number of alkyl halides is 3. The van der Waals surface area contributed by atoms with Crippen LogP contribution in [0.15, 0.2) is 24.3 Å². The lowest BCUT2D eigenvalue weighted by molar-refractivity contribution is -0.182. The molecule has 1 aliphatic rings. The standard InChI is InChI=1S/C16H21F4N/c1-2-15(11-4-3-5-13(17)10-11)21-14-8-6-12(7-9-14)16(18,19)20/h3-5,10,12,14-15,21H,2,6-9H2,1H3. The highest BCUT2D eigenvalue weighted by Gasteiger charge is 2.41. The minimum Gasteiger partial charge on any atom is -0.307 e. The number of rotatable bonds is 4. The van der Waals surface area contributed by atoms with E-state index in [-0.39, 0.29) is 30.7 Å². The van der Waals surface area contributed by atoms with E-state index in [1.807, 2.05) is 13.0 Å². The Kier molecular flexibility index (Phi) is 5.25. The molecule has 21 heavy (non-hydrogen) atoms. The van der Waals surface area contributed by atoms with Crippen molar-refractivity contribution in [3.8, 4) is 0 Å². The van der Waals surface area contributed by atoms with Crippen LogP contribution in [0.25, 0.3) is 0 Å². The molecule has 1 saturated carbocycles. The predicted octanol–water partition coefficient (Wildman–Crippen LogP) is 4.99. The molecular formula is C16H21F4N. The molecule has 1 nitrogen and oxygen atoms in total. The van der Waals surface area contributed by atoms with E-state index in [2.05, 4.69) is 5.32 Å². The molecule has 118 valence electrons. The summed E-state index contributed by atoms with van der Waals surface area (Å²) >= 11 is 0. The maximum atomic E-state index is 13.3. The molecule has 0 amide bonds. The number of hydrogen-bond donors (Lipinski definition) is 1. The molecule has 1 unspecified atom stereocenters. The van der Waals surface area contributed by atoms with Gasteiger partial charge < -0.3 is 5.32 Å². The summed E-state index contributed by atoms with van der Waals surface area (Å²) in [6, 6.07) is 6.47. The van der Waals surface area contributed by atoms with Gasteiger partial charge in [0.1, 0.15) is 5.82 Å². The first-order valence-electron chi connectivity index (χ1n) is 7.48. The Labute approximate surface area is 122 Å². The normalized spacial score (nSPS) is 24.8. The average Bonchev–Trinajstić information content (AvgIpc) is 2.44. The predicted molar refractivity (Wildman–Crippen MR) is 74.4 cm³/mol. The molecular weight excluding hydrogens is 282 g/mol. The van der Waals surface area contributed by atoms with E-state index in [4.69, 9.17) is 0 Å². The molecule has 0 radical (unpaired) electrons. The Morgan fingerprint density at radius 2 is 1.86 bits per heavy atom. The third-order valence-electron chi connectivity index (χ3n) is 4.29. The number of nitrogens with one attached hydrogen (secondary N) is 1. The van der Waals surface area contributed by atoms with Crippen molar-refractivity contribution in [1.29, 1.82) is 0 Å². The highest BCUT2D eigenvalue weighted by Crippen LogP contribution is 2.38. The summed E-state index contributed by atoms with van der Waals surface area (Å²) in [4.78, 5) is 0. The first-order valence-corrected chi connectivity index (χ1v) is 7.48. The molecule has 1 aromatic carbocycles. The lowest BCUT2D eigenvalue weighted by Gasteiger charge is -2.33. The van der Waals surface area contributed by atoms with Crippen molar-refractivity contribution in [1.82, 2.24) is 5.32 Å². The summed E-state index contributed by atoms with van der Waals surface area (Å²) in [5.74, 6) is -1.45. The van der Waals surface area contributed by atoms with Crippen LogP contribution >= 0.6 is 0 Å². The van der Waals surface area contributed by atoms with Gasteiger partial charge in [0.2, 0.25) is 0 Å². The zero-order chi connectivity index (χ0) is 15.5. The fourth-order valence-electron chi connectivity index (χ4n) is 3.05. The largest absolute Gasteiger partial charge is 0.391 e. The summed E-state index contributed by atoms with van der Waals surface area (Å²) in [6.45, 7) is 1.99. The second-order valence-electron chi connectivity index (χ2n) is 5.77. The molecule has 1 N–H and O–H groups in total. The zero-order valence-corrected chi connectivity index (χ0v) is 12.1. The number of hydrogen-bond acceptors (Lipinski definition) is 1. The van der Waals surface area contributed by atoms with E-state index in [0.29, 0.717) is 12.8 Å². The molecule has 5 heteroatoms. The summed E-state index contributed by atoms with van der Waals surface area (Å²) in [5.41, 5.74) is 0.857. The molecule has 0 aliphatic heterocycles. The second kappa shape index (κ2) is 6.77. The fourth-order valence-corrected chi connectivity index (χ4v) is 3.05. The van der Waals surface area contributed by atoms with Crippen LogP contribution in [0.5, 0.6) is 0 Å². The van der Waals surface area contributed by atoms with Gasteiger partial charge in [-0.15, -0.1) is 0 Å². The Morgan fingerprint density at radius 3 is 2.38 bits per heavy atom. The van der Waals surface area contributed by atoms with Gasteiger partial charge in [-0.25, -0.2) is 4.39 Å². The van der Waals surface area contributed by atoms with E-state index < -0.39 is 12.1 Å². The number of halogens is 4. The van der Waals surface area contributed by atoms with E-state index in [1.54, 1.807) is 6.07 Å². The minimum atomic E-state index is -4.07. The van der Waals surface area contributed by atoms with Crippen LogP contribution in [0.3, 0.4) is 0 Å². The molecule has 1 atom stereocenters.